The number of carbonyl (C=O) groups is 2. The van der Waals surface area contributed by atoms with Gasteiger partial charge in [0.25, 0.3) is 0 Å². The first kappa shape index (κ1) is 17.3. The molecule has 0 fully saturated rings. The number of phenolic OH excluding ortho intramolecular Hbond substituents is 1. The van der Waals surface area contributed by atoms with E-state index in [1.165, 1.54) is 0 Å². The maximum atomic E-state index is 12.8. The Morgan fingerprint density at radius 2 is 2.08 bits per heavy atom. The first-order chi connectivity index (χ1) is 11.9. The molecule has 0 saturated heterocycles. The Labute approximate surface area is 147 Å². The Morgan fingerprint density at radius 1 is 1.32 bits per heavy atom. The quantitative estimate of drug-likeness (QED) is 0.825. The highest BCUT2D eigenvalue weighted by Crippen LogP contribution is 2.43. The summed E-state index contributed by atoms with van der Waals surface area (Å²) in [5.41, 5.74) is 3.36. The van der Waals surface area contributed by atoms with Crippen LogP contribution in [0.5, 0.6) is 5.75 Å². The van der Waals surface area contributed by atoms with Crippen molar-refractivity contribution in [3.8, 4) is 5.75 Å². The molecule has 1 aromatic rings. The molecule has 0 aromatic heterocycles. The van der Waals surface area contributed by atoms with E-state index < -0.39 is 11.9 Å². The second-order valence-electron chi connectivity index (χ2n) is 6.81. The molecule has 0 saturated carbocycles. The van der Waals surface area contributed by atoms with E-state index in [1.807, 2.05) is 13.0 Å². The van der Waals surface area contributed by atoms with E-state index in [2.05, 4.69) is 5.32 Å². The monoisotopic (exact) mass is 341 g/mol. The van der Waals surface area contributed by atoms with Gasteiger partial charge in [0, 0.05) is 29.3 Å². The van der Waals surface area contributed by atoms with E-state index in [0.29, 0.717) is 23.3 Å². The third kappa shape index (κ3) is 3.31. The van der Waals surface area contributed by atoms with Crippen molar-refractivity contribution in [1.29, 1.82) is 0 Å². The van der Waals surface area contributed by atoms with Gasteiger partial charge in [0.1, 0.15) is 5.75 Å². The van der Waals surface area contributed by atoms with Gasteiger partial charge in [-0.25, -0.2) is 4.79 Å². The first-order valence-electron chi connectivity index (χ1n) is 8.62. The van der Waals surface area contributed by atoms with Crippen molar-refractivity contribution in [2.24, 2.45) is 0 Å². The Kier molecular flexibility index (Phi) is 4.66. The van der Waals surface area contributed by atoms with Crippen LogP contribution >= 0.6 is 0 Å². The standard InChI is InChI=1S/C20H23NO4/c1-11(2)25-20(24)17-12(3)21-15-8-5-9-16(23)19(15)18(17)13-6-4-7-14(22)10-13/h4,6-7,10-11,18,21-22H,5,8-9H2,1-3H3/t18-/m1/s1. The maximum absolute atomic E-state index is 12.8. The fourth-order valence-corrected chi connectivity index (χ4v) is 3.57. The van der Waals surface area contributed by atoms with E-state index in [0.717, 1.165) is 24.1 Å². The van der Waals surface area contributed by atoms with Crippen LogP contribution in [0, 0.1) is 0 Å². The lowest BCUT2D eigenvalue weighted by Crippen LogP contribution is -2.34. The highest BCUT2D eigenvalue weighted by Gasteiger charge is 2.39. The second kappa shape index (κ2) is 6.75. The van der Waals surface area contributed by atoms with Crippen molar-refractivity contribution in [3.05, 3.63) is 52.4 Å². The van der Waals surface area contributed by atoms with Crippen molar-refractivity contribution >= 4 is 11.8 Å². The van der Waals surface area contributed by atoms with Gasteiger partial charge in [-0.15, -0.1) is 0 Å². The van der Waals surface area contributed by atoms with E-state index in [-0.39, 0.29) is 17.6 Å². The molecular formula is C20H23NO4. The Bertz CT molecular complexity index is 789. The maximum Gasteiger partial charge on any atom is 0.337 e. The zero-order valence-electron chi connectivity index (χ0n) is 14.8. The Balaban J connectivity index is 2.15. The van der Waals surface area contributed by atoms with Gasteiger partial charge in [-0.1, -0.05) is 12.1 Å². The smallest absolute Gasteiger partial charge is 0.337 e. The number of hydrogen-bond acceptors (Lipinski definition) is 5. The number of rotatable bonds is 3. The van der Waals surface area contributed by atoms with Crippen LogP contribution in [0.2, 0.25) is 0 Å². The average Bonchev–Trinajstić information content (AvgIpc) is 2.53. The molecule has 5 heteroatoms. The molecular weight excluding hydrogens is 318 g/mol. The number of ether oxygens (including phenoxy) is 1. The normalized spacial score (nSPS) is 20.5. The lowest BCUT2D eigenvalue weighted by atomic mass is 9.75. The van der Waals surface area contributed by atoms with Gasteiger partial charge in [-0.3, -0.25) is 4.79 Å². The minimum Gasteiger partial charge on any atom is -0.508 e. The highest BCUT2D eigenvalue weighted by molar-refractivity contribution is 6.03. The van der Waals surface area contributed by atoms with Crippen LogP contribution in [-0.4, -0.2) is 23.0 Å². The molecule has 0 unspecified atom stereocenters. The number of nitrogens with one attached hydrogen (secondary N) is 1. The molecule has 0 bridgehead atoms. The molecule has 0 amide bonds. The SMILES string of the molecule is CC1=C(C(=O)OC(C)C)[C@@H](c2cccc(O)c2)C2=C(CCCC2=O)N1. The second-order valence-corrected chi connectivity index (χ2v) is 6.81. The number of esters is 1. The largest absolute Gasteiger partial charge is 0.508 e. The first-order valence-corrected chi connectivity index (χ1v) is 8.62. The fraction of sp³-hybridized carbons (Fsp3) is 0.400. The van der Waals surface area contributed by atoms with Crippen molar-refractivity contribution < 1.29 is 19.4 Å². The summed E-state index contributed by atoms with van der Waals surface area (Å²) in [6.45, 7) is 5.42. The average molecular weight is 341 g/mol. The number of ketones is 1. The van der Waals surface area contributed by atoms with Gasteiger partial charge in [0.2, 0.25) is 0 Å². The molecule has 1 aliphatic heterocycles. The van der Waals surface area contributed by atoms with Gasteiger partial charge in [-0.05, 0) is 51.3 Å². The number of phenols is 1. The fourth-order valence-electron chi connectivity index (χ4n) is 3.57. The van der Waals surface area contributed by atoms with E-state index >= 15 is 0 Å². The number of benzene rings is 1. The van der Waals surface area contributed by atoms with Crippen molar-refractivity contribution in [3.63, 3.8) is 0 Å². The number of aromatic hydroxyl groups is 1. The van der Waals surface area contributed by atoms with E-state index in [9.17, 15) is 14.7 Å². The van der Waals surface area contributed by atoms with Crippen LogP contribution < -0.4 is 5.32 Å². The third-order valence-electron chi connectivity index (χ3n) is 4.54. The molecule has 0 spiro atoms. The zero-order valence-corrected chi connectivity index (χ0v) is 14.8. The summed E-state index contributed by atoms with van der Waals surface area (Å²) in [5.74, 6) is -0.791. The zero-order chi connectivity index (χ0) is 18.1. The van der Waals surface area contributed by atoms with Crippen LogP contribution in [0.25, 0.3) is 0 Å². The summed E-state index contributed by atoms with van der Waals surface area (Å²) in [5, 5.41) is 13.1. The lowest BCUT2D eigenvalue weighted by molar-refractivity contribution is -0.143. The molecule has 2 aliphatic rings. The Morgan fingerprint density at radius 3 is 2.76 bits per heavy atom. The lowest BCUT2D eigenvalue weighted by Gasteiger charge is -2.34. The highest BCUT2D eigenvalue weighted by atomic mass is 16.5. The van der Waals surface area contributed by atoms with Crippen LogP contribution in [0.4, 0.5) is 0 Å². The van der Waals surface area contributed by atoms with Gasteiger partial charge < -0.3 is 15.2 Å². The molecule has 1 aliphatic carbocycles. The van der Waals surface area contributed by atoms with Crippen molar-refractivity contribution in [1.82, 2.24) is 5.32 Å². The van der Waals surface area contributed by atoms with Gasteiger partial charge in [-0.2, -0.15) is 0 Å². The summed E-state index contributed by atoms with van der Waals surface area (Å²) in [6, 6.07) is 6.74. The molecule has 1 aromatic carbocycles. The molecule has 1 heterocycles. The molecule has 5 nitrogen and oxygen atoms in total. The molecule has 132 valence electrons. The number of hydrogen-bond donors (Lipinski definition) is 2. The third-order valence-corrected chi connectivity index (χ3v) is 4.54. The van der Waals surface area contributed by atoms with Crippen LogP contribution in [-0.2, 0) is 14.3 Å². The summed E-state index contributed by atoms with van der Waals surface area (Å²) in [4.78, 5) is 25.4. The number of allylic oxidation sites excluding steroid dienone is 3. The van der Waals surface area contributed by atoms with Gasteiger partial charge in [0.05, 0.1) is 11.7 Å². The van der Waals surface area contributed by atoms with Crippen molar-refractivity contribution in [2.45, 2.75) is 52.1 Å². The molecule has 25 heavy (non-hydrogen) atoms. The summed E-state index contributed by atoms with van der Waals surface area (Å²) >= 11 is 0. The van der Waals surface area contributed by atoms with Gasteiger partial charge in [0.15, 0.2) is 5.78 Å². The molecule has 3 rings (SSSR count). The molecule has 0 radical (unpaired) electrons. The Hall–Kier alpha value is -2.56. The number of dihydropyridines is 1. The van der Waals surface area contributed by atoms with Crippen molar-refractivity contribution in [2.75, 3.05) is 0 Å². The topological polar surface area (TPSA) is 75.6 Å². The van der Waals surface area contributed by atoms with Crippen LogP contribution in [0.1, 0.15) is 51.5 Å². The van der Waals surface area contributed by atoms with Crippen LogP contribution in [0.3, 0.4) is 0 Å². The number of carbonyl (C=O) groups excluding carboxylic acids is 2. The summed E-state index contributed by atoms with van der Waals surface area (Å²) in [6.07, 6.45) is 1.80. The summed E-state index contributed by atoms with van der Waals surface area (Å²) in [7, 11) is 0. The number of Topliss-reactive ketones (excluding diaryl/α,β-unsaturated/α-hetero) is 1. The van der Waals surface area contributed by atoms with E-state index in [4.69, 9.17) is 4.74 Å². The molecule has 2 N–H and O–H groups in total. The van der Waals surface area contributed by atoms with Gasteiger partial charge >= 0.3 is 5.97 Å². The minimum atomic E-state index is -0.512. The minimum absolute atomic E-state index is 0.0458. The summed E-state index contributed by atoms with van der Waals surface area (Å²) < 4.78 is 5.42. The predicted molar refractivity (Wildman–Crippen MR) is 93.8 cm³/mol. The molecule has 1 atom stereocenters. The van der Waals surface area contributed by atoms with E-state index in [1.54, 1.807) is 32.0 Å². The predicted octanol–water partition coefficient (Wildman–Crippen LogP) is 3.31. The van der Waals surface area contributed by atoms with Crippen LogP contribution in [0.15, 0.2) is 46.8 Å².